The molecule has 0 saturated carbocycles. The molecular formula is C14H9N5O. The molecule has 2 aromatic carbocycles. The van der Waals surface area contributed by atoms with Gasteiger partial charge in [-0.25, -0.2) is 4.98 Å². The molecule has 0 unspecified atom stereocenters. The van der Waals surface area contributed by atoms with Gasteiger partial charge in [0.05, 0.1) is 5.52 Å². The molecule has 0 aliphatic carbocycles. The number of aromatic nitrogens is 4. The molecule has 2 heterocycles. The van der Waals surface area contributed by atoms with E-state index in [1.165, 1.54) is 0 Å². The molecule has 6 heteroatoms. The van der Waals surface area contributed by atoms with E-state index in [2.05, 4.69) is 15.2 Å². The summed E-state index contributed by atoms with van der Waals surface area (Å²) in [5, 5.41) is 10.4. The van der Waals surface area contributed by atoms with E-state index in [1.54, 1.807) is 10.7 Å². The molecule has 96 valence electrons. The van der Waals surface area contributed by atoms with Crippen molar-refractivity contribution in [3.05, 3.63) is 48.4 Å². The van der Waals surface area contributed by atoms with Crippen molar-refractivity contribution in [1.29, 1.82) is 0 Å². The van der Waals surface area contributed by atoms with E-state index >= 15 is 0 Å². The molecule has 0 fully saturated rings. The summed E-state index contributed by atoms with van der Waals surface area (Å²) in [6.07, 6.45) is 1.54. The quantitative estimate of drug-likeness (QED) is 0.528. The standard InChI is InChI=1S/C14H9N5O/c15-13(20)12-14-18-17-11-9-4-2-1-3-8(9)5-6-10(11)19(14)7-16-12/h1-7H,(H2,15,20). The SMILES string of the molecule is NC(=O)c1ncn2c1nnc1c3ccccc3ccc12. The Balaban J connectivity index is 2.21. The average Bonchev–Trinajstić information content (AvgIpc) is 2.91. The number of amides is 1. The Kier molecular flexibility index (Phi) is 2.03. The van der Waals surface area contributed by atoms with Crippen molar-refractivity contribution in [3.8, 4) is 0 Å². The largest absolute Gasteiger partial charge is 0.364 e. The lowest BCUT2D eigenvalue weighted by atomic mass is 10.1. The highest BCUT2D eigenvalue weighted by Gasteiger charge is 2.14. The third kappa shape index (κ3) is 1.33. The average molecular weight is 263 g/mol. The number of rotatable bonds is 1. The monoisotopic (exact) mass is 263 g/mol. The number of hydrogen-bond acceptors (Lipinski definition) is 4. The van der Waals surface area contributed by atoms with E-state index in [0.717, 1.165) is 21.8 Å². The number of nitrogens with zero attached hydrogens (tertiary/aromatic N) is 4. The van der Waals surface area contributed by atoms with Crippen molar-refractivity contribution in [2.24, 2.45) is 5.73 Å². The van der Waals surface area contributed by atoms with Gasteiger partial charge in [-0.05, 0) is 11.5 Å². The molecule has 1 amide bonds. The smallest absolute Gasteiger partial charge is 0.271 e. The van der Waals surface area contributed by atoms with Gasteiger partial charge in [-0.3, -0.25) is 9.20 Å². The number of hydrogen-bond donors (Lipinski definition) is 1. The Morgan fingerprint density at radius 1 is 1.10 bits per heavy atom. The van der Waals surface area contributed by atoms with Gasteiger partial charge in [0.1, 0.15) is 11.8 Å². The molecule has 4 rings (SSSR count). The summed E-state index contributed by atoms with van der Waals surface area (Å²) in [7, 11) is 0. The number of nitrogens with two attached hydrogens (primary N) is 1. The third-order valence-electron chi connectivity index (χ3n) is 3.36. The van der Waals surface area contributed by atoms with Gasteiger partial charge in [-0.1, -0.05) is 30.3 Å². The van der Waals surface area contributed by atoms with Crippen LogP contribution in [0.5, 0.6) is 0 Å². The lowest BCUT2D eigenvalue weighted by Crippen LogP contribution is -2.12. The van der Waals surface area contributed by atoms with Gasteiger partial charge in [-0.2, -0.15) is 0 Å². The van der Waals surface area contributed by atoms with Crippen LogP contribution in [-0.2, 0) is 0 Å². The predicted octanol–water partition coefficient (Wildman–Crippen LogP) is 1.53. The first-order valence-electron chi connectivity index (χ1n) is 6.07. The Labute approximate surface area is 112 Å². The summed E-state index contributed by atoms with van der Waals surface area (Å²) in [6, 6.07) is 11.9. The van der Waals surface area contributed by atoms with Gasteiger partial charge in [0.15, 0.2) is 11.3 Å². The van der Waals surface area contributed by atoms with Gasteiger partial charge in [0.2, 0.25) is 0 Å². The molecule has 4 aromatic rings. The van der Waals surface area contributed by atoms with Crippen LogP contribution in [0, 0.1) is 0 Å². The fraction of sp³-hybridized carbons (Fsp3) is 0. The van der Waals surface area contributed by atoms with E-state index in [-0.39, 0.29) is 5.69 Å². The minimum absolute atomic E-state index is 0.132. The van der Waals surface area contributed by atoms with Crippen molar-refractivity contribution >= 4 is 33.4 Å². The Morgan fingerprint density at radius 3 is 2.80 bits per heavy atom. The molecule has 0 spiro atoms. The second-order valence-electron chi connectivity index (χ2n) is 4.51. The molecule has 0 radical (unpaired) electrons. The maximum atomic E-state index is 11.3. The predicted molar refractivity (Wildman–Crippen MR) is 74.3 cm³/mol. The van der Waals surface area contributed by atoms with Gasteiger partial charge in [-0.15, -0.1) is 10.2 Å². The number of imidazole rings is 1. The van der Waals surface area contributed by atoms with Crippen LogP contribution in [0.1, 0.15) is 10.5 Å². The molecular weight excluding hydrogens is 254 g/mol. The van der Waals surface area contributed by atoms with Crippen LogP contribution in [0.4, 0.5) is 0 Å². The van der Waals surface area contributed by atoms with Gasteiger partial charge < -0.3 is 5.73 Å². The zero-order valence-electron chi connectivity index (χ0n) is 10.3. The van der Waals surface area contributed by atoms with Crippen LogP contribution >= 0.6 is 0 Å². The normalized spacial score (nSPS) is 11.4. The fourth-order valence-corrected chi connectivity index (χ4v) is 2.43. The lowest BCUT2D eigenvalue weighted by Gasteiger charge is -2.04. The van der Waals surface area contributed by atoms with Crippen molar-refractivity contribution in [1.82, 2.24) is 19.6 Å². The Hall–Kier alpha value is -3.02. The summed E-state index contributed by atoms with van der Waals surface area (Å²) < 4.78 is 1.73. The number of carbonyl (C=O) groups excluding carboxylic acids is 1. The van der Waals surface area contributed by atoms with E-state index in [9.17, 15) is 4.79 Å². The van der Waals surface area contributed by atoms with Crippen molar-refractivity contribution < 1.29 is 4.79 Å². The highest BCUT2D eigenvalue weighted by molar-refractivity contribution is 6.05. The van der Waals surface area contributed by atoms with Gasteiger partial charge in [0, 0.05) is 5.39 Å². The first-order valence-corrected chi connectivity index (χ1v) is 6.07. The van der Waals surface area contributed by atoms with E-state index < -0.39 is 5.91 Å². The minimum atomic E-state index is -0.609. The summed E-state index contributed by atoms with van der Waals surface area (Å²) in [6.45, 7) is 0. The number of benzene rings is 2. The van der Waals surface area contributed by atoms with Crippen LogP contribution in [0.15, 0.2) is 42.7 Å². The van der Waals surface area contributed by atoms with Crippen LogP contribution in [-0.4, -0.2) is 25.5 Å². The summed E-state index contributed by atoms with van der Waals surface area (Å²) in [5.41, 5.74) is 7.39. The highest BCUT2D eigenvalue weighted by atomic mass is 16.1. The molecule has 0 saturated heterocycles. The second kappa shape index (κ2) is 3.74. The zero-order chi connectivity index (χ0) is 13.7. The fourth-order valence-electron chi connectivity index (χ4n) is 2.43. The highest BCUT2D eigenvalue weighted by Crippen LogP contribution is 2.24. The molecule has 0 aliphatic rings. The number of fused-ring (bicyclic) bond motifs is 5. The van der Waals surface area contributed by atoms with Crippen LogP contribution < -0.4 is 5.73 Å². The maximum absolute atomic E-state index is 11.3. The first kappa shape index (κ1) is 10.9. The Morgan fingerprint density at radius 2 is 1.95 bits per heavy atom. The van der Waals surface area contributed by atoms with Crippen molar-refractivity contribution in [3.63, 3.8) is 0 Å². The summed E-state index contributed by atoms with van der Waals surface area (Å²) in [5.74, 6) is -0.609. The third-order valence-corrected chi connectivity index (χ3v) is 3.36. The molecule has 0 bridgehead atoms. The molecule has 2 aromatic heterocycles. The summed E-state index contributed by atoms with van der Waals surface area (Å²) >= 11 is 0. The van der Waals surface area contributed by atoms with Crippen LogP contribution in [0.25, 0.3) is 27.5 Å². The molecule has 0 aliphatic heterocycles. The zero-order valence-corrected chi connectivity index (χ0v) is 10.3. The summed E-state index contributed by atoms with van der Waals surface area (Å²) in [4.78, 5) is 15.3. The molecule has 0 atom stereocenters. The molecule has 20 heavy (non-hydrogen) atoms. The number of carbonyl (C=O) groups is 1. The minimum Gasteiger partial charge on any atom is -0.364 e. The van der Waals surface area contributed by atoms with Crippen LogP contribution in [0.2, 0.25) is 0 Å². The van der Waals surface area contributed by atoms with Crippen molar-refractivity contribution in [2.45, 2.75) is 0 Å². The number of primary amides is 1. The Bertz CT molecular complexity index is 989. The molecule has 2 N–H and O–H groups in total. The first-order chi connectivity index (χ1) is 9.75. The van der Waals surface area contributed by atoms with Crippen molar-refractivity contribution in [2.75, 3.05) is 0 Å². The lowest BCUT2D eigenvalue weighted by molar-refractivity contribution is 0.0997. The maximum Gasteiger partial charge on any atom is 0.271 e. The van der Waals surface area contributed by atoms with E-state index in [4.69, 9.17) is 5.73 Å². The van der Waals surface area contributed by atoms with E-state index in [0.29, 0.717) is 5.65 Å². The van der Waals surface area contributed by atoms with Crippen LogP contribution in [0.3, 0.4) is 0 Å². The van der Waals surface area contributed by atoms with Gasteiger partial charge >= 0.3 is 0 Å². The molecule has 6 nitrogen and oxygen atoms in total. The van der Waals surface area contributed by atoms with Gasteiger partial charge in [0.25, 0.3) is 5.91 Å². The second-order valence-corrected chi connectivity index (χ2v) is 4.51. The van der Waals surface area contributed by atoms with E-state index in [1.807, 2.05) is 36.4 Å². The topological polar surface area (TPSA) is 86.2 Å².